The topological polar surface area (TPSA) is 164 Å². The van der Waals surface area contributed by atoms with Crippen LogP contribution in [0.4, 0.5) is 0 Å². The maximum atomic E-state index is 9.99. The van der Waals surface area contributed by atoms with E-state index in [1.54, 1.807) is 0 Å². The van der Waals surface area contributed by atoms with Crippen molar-refractivity contribution >= 4 is 11.9 Å². The van der Waals surface area contributed by atoms with Crippen LogP contribution in [0.3, 0.4) is 0 Å². The van der Waals surface area contributed by atoms with Gasteiger partial charge in [0.2, 0.25) is 0 Å². The third kappa shape index (κ3) is 14.2. The summed E-state index contributed by atoms with van der Waals surface area (Å²) in [7, 11) is 0. The number of aliphatic carboxylic acids is 2. The SMILES string of the molecule is N[C@H](CCC(=O)O)C(=O)O.O.O.[Cu]. The van der Waals surface area contributed by atoms with Crippen LogP contribution in [-0.4, -0.2) is 39.1 Å². The molecule has 1 radical (unpaired) electrons. The Morgan fingerprint density at radius 2 is 1.62 bits per heavy atom. The monoisotopic (exact) mass is 246 g/mol. The molecule has 0 aromatic rings. The molecule has 0 rings (SSSR count). The van der Waals surface area contributed by atoms with Crippen LogP contribution < -0.4 is 5.73 Å². The Balaban J connectivity index is -0.000000135. The summed E-state index contributed by atoms with van der Waals surface area (Å²) in [6, 6.07) is -1.06. The van der Waals surface area contributed by atoms with E-state index in [1.165, 1.54) is 0 Å². The second kappa shape index (κ2) is 11.3. The number of carbonyl (C=O) groups is 2. The molecule has 85 valence electrons. The molecule has 0 spiro atoms. The first-order valence-electron chi connectivity index (χ1n) is 2.74. The molecule has 0 amide bonds. The Morgan fingerprint density at radius 1 is 1.23 bits per heavy atom. The van der Waals surface area contributed by atoms with Crippen LogP contribution in [0, 0.1) is 0 Å². The molecule has 7 nitrogen and oxygen atoms in total. The standard InChI is InChI=1S/C5H9NO4.Cu.2H2O/c6-3(5(9)10)1-2-4(7)8;;;/h3H,1-2,6H2,(H,7,8)(H,9,10);;2*1H2/t3-;;;/m1.../s1. The van der Waals surface area contributed by atoms with Gasteiger partial charge in [0.05, 0.1) is 0 Å². The second-order valence-electron chi connectivity index (χ2n) is 1.88. The van der Waals surface area contributed by atoms with Crippen molar-refractivity contribution in [3.8, 4) is 0 Å². The van der Waals surface area contributed by atoms with E-state index in [9.17, 15) is 9.59 Å². The molecule has 1 atom stereocenters. The molecule has 13 heavy (non-hydrogen) atoms. The molecule has 0 heterocycles. The van der Waals surface area contributed by atoms with E-state index in [2.05, 4.69) is 0 Å². The van der Waals surface area contributed by atoms with Gasteiger partial charge >= 0.3 is 11.9 Å². The minimum Gasteiger partial charge on any atom is -0.481 e. The zero-order chi connectivity index (χ0) is 8.15. The van der Waals surface area contributed by atoms with Gasteiger partial charge in [-0.25, -0.2) is 0 Å². The van der Waals surface area contributed by atoms with Crippen LogP contribution in [0.2, 0.25) is 0 Å². The summed E-state index contributed by atoms with van der Waals surface area (Å²) in [5, 5.41) is 16.3. The first-order valence-corrected chi connectivity index (χ1v) is 2.74. The summed E-state index contributed by atoms with van der Waals surface area (Å²) in [4.78, 5) is 19.9. The van der Waals surface area contributed by atoms with Crippen molar-refractivity contribution < 1.29 is 47.8 Å². The maximum Gasteiger partial charge on any atom is 0.320 e. The van der Waals surface area contributed by atoms with Gasteiger partial charge in [-0.1, -0.05) is 0 Å². The van der Waals surface area contributed by atoms with E-state index in [-0.39, 0.29) is 40.9 Å². The van der Waals surface area contributed by atoms with Crippen LogP contribution in [0.25, 0.3) is 0 Å². The molecule has 0 aliphatic heterocycles. The first kappa shape index (κ1) is 22.8. The molecule has 8 heteroatoms. The second-order valence-corrected chi connectivity index (χ2v) is 1.88. The quantitative estimate of drug-likeness (QED) is 0.470. The third-order valence-corrected chi connectivity index (χ3v) is 0.986. The van der Waals surface area contributed by atoms with Crippen molar-refractivity contribution in [2.45, 2.75) is 18.9 Å². The van der Waals surface area contributed by atoms with E-state index in [4.69, 9.17) is 15.9 Å². The fourth-order valence-electron chi connectivity index (χ4n) is 0.402. The smallest absolute Gasteiger partial charge is 0.320 e. The van der Waals surface area contributed by atoms with Crippen LogP contribution in [-0.2, 0) is 26.7 Å². The van der Waals surface area contributed by atoms with Crippen molar-refractivity contribution in [2.75, 3.05) is 0 Å². The van der Waals surface area contributed by atoms with Crippen molar-refractivity contribution in [3.63, 3.8) is 0 Å². The van der Waals surface area contributed by atoms with Crippen LogP contribution >= 0.6 is 0 Å². The molecule has 8 N–H and O–H groups in total. The summed E-state index contributed by atoms with van der Waals surface area (Å²) >= 11 is 0. The number of hydrogen-bond donors (Lipinski definition) is 3. The Labute approximate surface area is 85.0 Å². The summed E-state index contributed by atoms with van der Waals surface area (Å²) < 4.78 is 0. The van der Waals surface area contributed by atoms with Gasteiger partial charge in [-0.05, 0) is 6.42 Å². The van der Waals surface area contributed by atoms with Crippen molar-refractivity contribution in [1.29, 1.82) is 0 Å². The van der Waals surface area contributed by atoms with Crippen LogP contribution in [0.15, 0.2) is 0 Å². The number of nitrogens with two attached hydrogens (primary N) is 1. The average Bonchev–Trinajstić information content (AvgIpc) is 1.82. The molecular weight excluding hydrogens is 234 g/mol. The van der Waals surface area contributed by atoms with Gasteiger partial charge in [0.15, 0.2) is 0 Å². The number of hydrogen-bond acceptors (Lipinski definition) is 3. The Hall–Kier alpha value is -0.661. The minimum atomic E-state index is -1.17. The van der Waals surface area contributed by atoms with Crippen molar-refractivity contribution in [1.82, 2.24) is 0 Å². The van der Waals surface area contributed by atoms with E-state index < -0.39 is 18.0 Å². The largest absolute Gasteiger partial charge is 0.481 e. The molecule has 0 aliphatic rings. The average molecular weight is 247 g/mol. The predicted molar refractivity (Wildman–Crippen MR) is 39.7 cm³/mol. The zero-order valence-corrected chi connectivity index (χ0v) is 7.52. The first-order chi connectivity index (χ1) is 4.54. The van der Waals surface area contributed by atoms with E-state index in [0.717, 1.165) is 0 Å². The Morgan fingerprint density at radius 3 is 1.85 bits per heavy atom. The molecule has 0 aromatic heterocycles. The number of carboxylic acids is 2. The summed E-state index contributed by atoms with van der Waals surface area (Å²) in [5.41, 5.74) is 5.00. The normalized spacial score (nSPS) is 9.62. The van der Waals surface area contributed by atoms with Gasteiger partial charge in [-0.15, -0.1) is 0 Å². The van der Waals surface area contributed by atoms with Gasteiger partial charge in [0.25, 0.3) is 0 Å². The van der Waals surface area contributed by atoms with Gasteiger partial charge in [0, 0.05) is 23.5 Å². The molecule has 0 aromatic carbocycles. The number of rotatable bonds is 4. The van der Waals surface area contributed by atoms with Gasteiger partial charge < -0.3 is 26.9 Å². The van der Waals surface area contributed by atoms with Gasteiger partial charge in [-0.3, -0.25) is 9.59 Å². The van der Waals surface area contributed by atoms with Crippen molar-refractivity contribution in [2.24, 2.45) is 5.73 Å². The molecule has 0 aliphatic carbocycles. The Kier molecular flexibility index (Phi) is 19.9. The fourth-order valence-corrected chi connectivity index (χ4v) is 0.402. The van der Waals surface area contributed by atoms with E-state index in [1.807, 2.05) is 0 Å². The number of carboxylic acid groups (broad SMARTS) is 2. The molecular formula is C5H13CuNO6. The molecule has 0 saturated heterocycles. The third-order valence-electron chi connectivity index (χ3n) is 0.986. The summed E-state index contributed by atoms with van der Waals surface area (Å²) in [6.45, 7) is 0. The van der Waals surface area contributed by atoms with Gasteiger partial charge in [0.1, 0.15) is 6.04 Å². The van der Waals surface area contributed by atoms with E-state index in [0.29, 0.717) is 0 Å². The zero-order valence-electron chi connectivity index (χ0n) is 6.58. The fraction of sp³-hybridized carbons (Fsp3) is 0.600. The molecule has 0 unspecified atom stereocenters. The minimum absolute atomic E-state index is 0. The van der Waals surface area contributed by atoms with Crippen molar-refractivity contribution in [3.05, 3.63) is 0 Å². The molecule has 0 fully saturated rings. The molecule has 0 saturated carbocycles. The summed E-state index contributed by atoms with van der Waals surface area (Å²) in [5.74, 6) is -2.20. The molecule has 0 bridgehead atoms. The van der Waals surface area contributed by atoms with Crippen LogP contribution in [0.1, 0.15) is 12.8 Å². The van der Waals surface area contributed by atoms with Crippen LogP contribution in [0.5, 0.6) is 0 Å². The van der Waals surface area contributed by atoms with E-state index >= 15 is 0 Å². The Bertz CT molecular complexity index is 152. The predicted octanol–water partition coefficient (Wildman–Crippen LogP) is -2.39. The van der Waals surface area contributed by atoms with Gasteiger partial charge in [-0.2, -0.15) is 0 Å². The maximum absolute atomic E-state index is 9.99. The summed E-state index contributed by atoms with van der Waals surface area (Å²) in [6.07, 6.45) is -0.224.